The average Bonchev–Trinajstić information content (AvgIpc) is 3.29. The predicted octanol–water partition coefficient (Wildman–Crippen LogP) is 5.46. The maximum absolute atomic E-state index is 12.7. The maximum atomic E-state index is 12.7. The zero-order valence-electron chi connectivity index (χ0n) is 19.1. The molecule has 2 heterocycles. The van der Waals surface area contributed by atoms with Crippen LogP contribution >= 0.6 is 0 Å². The number of H-pyrrole nitrogens is 1. The van der Waals surface area contributed by atoms with E-state index in [9.17, 15) is 4.79 Å². The Morgan fingerprint density at radius 2 is 1.82 bits per heavy atom. The van der Waals surface area contributed by atoms with E-state index < -0.39 is 5.97 Å². The minimum absolute atomic E-state index is 0.0465. The first-order chi connectivity index (χ1) is 15.9. The molecule has 5 rings (SSSR count). The van der Waals surface area contributed by atoms with Gasteiger partial charge in [0.1, 0.15) is 5.75 Å². The van der Waals surface area contributed by atoms with E-state index in [2.05, 4.69) is 23.3 Å². The molecule has 2 aromatic carbocycles. The van der Waals surface area contributed by atoms with Crippen LogP contribution in [0.15, 0.2) is 42.5 Å². The van der Waals surface area contributed by atoms with Crippen LogP contribution in [0.3, 0.4) is 0 Å². The fourth-order valence-electron chi connectivity index (χ4n) is 4.48. The summed E-state index contributed by atoms with van der Waals surface area (Å²) in [6, 6.07) is 14.1. The molecule has 2 aliphatic rings. The van der Waals surface area contributed by atoms with E-state index >= 15 is 0 Å². The molecule has 0 saturated heterocycles. The number of aromatic nitrogens is 1. The molecule has 33 heavy (non-hydrogen) atoms. The number of carbonyl (C=O) groups excluding carboxylic acids is 1. The second kappa shape index (κ2) is 9.36. The summed E-state index contributed by atoms with van der Waals surface area (Å²) in [6.45, 7) is 3.24. The van der Waals surface area contributed by atoms with Crippen LogP contribution in [0.4, 0.5) is 5.69 Å². The van der Waals surface area contributed by atoms with Gasteiger partial charge in [0, 0.05) is 29.6 Å². The monoisotopic (exact) mass is 444 g/mol. The lowest BCUT2D eigenvalue weighted by Gasteiger charge is -2.10. The van der Waals surface area contributed by atoms with E-state index in [1.807, 2.05) is 42.5 Å². The first-order valence-corrected chi connectivity index (χ1v) is 11.1. The number of aliphatic carboxylic acids is 1. The Bertz CT molecular complexity index is 1250. The summed E-state index contributed by atoms with van der Waals surface area (Å²) in [6.07, 6.45) is 6.73. The van der Waals surface area contributed by atoms with Gasteiger partial charge in [0.15, 0.2) is 0 Å². The lowest BCUT2D eigenvalue weighted by Crippen LogP contribution is -2.03. The molecule has 0 atom stereocenters. The van der Waals surface area contributed by atoms with E-state index in [0.29, 0.717) is 0 Å². The van der Waals surface area contributed by atoms with Crippen LogP contribution in [0, 0.1) is 6.92 Å². The molecule has 6 heteroatoms. The van der Waals surface area contributed by atoms with Gasteiger partial charge in [0.2, 0.25) is 0 Å². The van der Waals surface area contributed by atoms with Crippen LogP contribution in [0.2, 0.25) is 0 Å². The Kier molecular flexibility index (Phi) is 6.36. The first kappa shape index (κ1) is 22.4. The number of amides is 1. The summed E-state index contributed by atoms with van der Waals surface area (Å²) < 4.78 is 5.33. The lowest BCUT2D eigenvalue weighted by molar-refractivity contribution is -0.134. The summed E-state index contributed by atoms with van der Waals surface area (Å²) >= 11 is 0. The summed E-state index contributed by atoms with van der Waals surface area (Å²) in [5.74, 6) is -0.0615. The molecule has 1 aliphatic carbocycles. The summed E-state index contributed by atoms with van der Waals surface area (Å²) in [5.41, 5.74) is 9.77. The molecule has 1 aliphatic heterocycles. The van der Waals surface area contributed by atoms with Gasteiger partial charge in [0.25, 0.3) is 11.9 Å². The highest BCUT2D eigenvalue weighted by molar-refractivity contribution is 6.35. The molecule has 6 nitrogen and oxygen atoms in total. The molecule has 0 bridgehead atoms. The number of fused-ring (bicyclic) bond motifs is 2. The van der Waals surface area contributed by atoms with Gasteiger partial charge in [-0.2, -0.15) is 0 Å². The van der Waals surface area contributed by atoms with E-state index in [4.69, 9.17) is 14.6 Å². The predicted molar refractivity (Wildman–Crippen MR) is 130 cm³/mol. The lowest BCUT2D eigenvalue weighted by atomic mass is 9.94. The highest BCUT2D eigenvalue weighted by atomic mass is 16.5. The van der Waals surface area contributed by atoms with Crippen molar-refractivity contribution in [3.05, 3.63) is 70.5 Å². The summed E-state index contributed by atoms with van der Waals surface area (Å²) in [5, 5.41) is 10.5. The largest absolute Gasteiger partial charge is 0.497 e. The number of carbonyl (C=O) groups is 2. The first-order valence-electron chi connectivity index (χ1n) is 11.1. The molecule has 3 N–H and O–H groups in total. The number of aryl methyl sites for hydroxylation is 1. The average molecular weight is 445 g/mol. The Labute approximate surface area is 193 Å². The molecule has 0 spiro atoms. The van der Waals surface area contributed by atoms with E-state index in [-0.39, 0.29) is 5.91 Å². The van der Waals surface area contributed by atoms with E-state index in [1.165, 1.54) is 29.7 Å². The summed E-state index contributed by atoms with van der Waals surface area (Å²) in [4.78, 5) is 25.3. The number of carboxylic acid groups (broad SMARTS) is 1. The van der Waals surface area contributed by atoms with Gasteiger partial charge in [-0.25, -0.2) is 0 Å². The quantitative estimate of drug-likeness (QED) is 0.468. The number of carboxylic acids is 1. The second-order valence-corrected chi connectivity index (χ2v) is 8.35. The Morgan fingerprint density at radius 1 is 1.09 bits per heavy atom. The molecule has 1 amide bonds. The number of hydrogen-bond donors (Lipinski definition) is 3. The van der Waals surface area contributed by atoms with Crippen LogP contribution in [0.25, 0.3) is 22.8 Å². The van der Waals surface area contributed by atoms with E-state index in [0.717, 1.165) is 59.2 Å². The molecule has 0 fully saturated rings. The van der Waals surface area contributed by atoms with Crippen LogP contribution in [0.1, 0.15) is 47.8 Å². The van der Waals surface area contributed by atoms with Crippen molar-refractivity contribution in [1.29, 1.82) is 0 Å². The van der Waals surface area contributed by atoms with Crippen LogP contribution in [-0.2, 0) is 22.4 Å². The minimum Gasteiger partial charge on any atom is -0.497 e. The fraction of sp³-hybridized carbons (Fsp3) is 0.259. The fourth-order valence-corrected chi connectivity index (χ4v) is 4.48. The number of benzene rings is 2. The third-order valence-electron chi connectivity index (χ3n) is 6.10. The normalized spacial score (nSPS) is 15.2. The number of aromatic amines is 1. The number of rotatable bonds is 3. The zero-order chi connectivity index (χ0) is 23.5. The third-order valence-corrected chi connectivity index (χ3v) is 6.10. The highest BCUT2D eigenvalue weighted by Gasteiger charge is 2.26. The van der Waals surface area contributed by atoms with Gasteiger partial charge in [-0.15, -0.1) is 0 Å². The van der Waals surface area contributed by atoms with Gasteiger partial charge >= 0.3 is 0 Å². The molecule has 1 aromatic heterocycles. The SMILES string of the molecule is CC(=O)O.COc1cccc(-c2ccc3c(c2)NC(=O)C3=Cc2[nH]c3c(c2C)CCCC3)c1. The van der Waals surface area contributed by atoms with Gasteiger partial charge in [0.05, 0.1) is 12.7 Å². The summed E-state index contributed by atoms with van der Waals surface area (Å²) in [7, 11) is 1.67. The molecule has 0 unspecified atom stereocenters. The van der Waals surface area contributed by atoms with Crippen molar-refractivity contribution in [2.75, 3.05) is 12.4 Å². The van der Waals surface area contributed by atoms with Crippen LogP contribution < -0.4 is 10.1 Å². The Morgan fingerprint density at radius 3 is 2.55 bits per heavy atom. The highest BCUT2D eigenvalue weighted by Crippen LogP contribution is 2.37. The Hall–Kier alpha value is -3.80. The van der Waals surface area contributed by atoms with Crippen LogP contribution in [0.5, 0.6) is 5.75 Å². The van der Waals surface area contributed by atoms with Gasteiger partial charge in [-0.3, -0.25) is 9.59 Å². The standard InChI is InChI=1S/C25H24N2O2.C2H4O2/c1-15-19-8-3-4-9-22(19)26-23(15)14-21-20-11-10-17(13-24(20)27-25(21)28)16-6-5-7-18(12-16)29-2;1-2(3)4/h5-7,10-14,26H,3-4,8-9H2,1-2H3,(H,27,28);1H3,(H,3,4). The van der Waals surface area contributed by atoms with Gasteiger partial charge < -0.3 is 20.1 Å². The molecular formula is C27H28N2O4. The third kappa shape index (κ3) is 4.70. The molecular weight excluding hydrogens is 416 g/mol. The van der Waals surface area contributed by atoms with Crippen molar-refractivity contribution in [3.63, 3.8) is 0 Å². The minimum atomic E-state index is -0.833. The molecule has 0 saturated carbocycles. The Balaban J connectivity index is 0.000000601. The van der Waals surface area contributed by atoms with Crippen molar-refractivity contribution in [1.82, 2.24) is 4.98 Å². The molecule has 170 valence electrons. The van der Waals surface area contributed by atoms with Crippen molar-refractivity contribution >= 4 is 29.2 Å². The smallest absolute Gasteiger partial charge is 0.300 e. The van der Waals surface area contributed by atoms with Crippen molar-refractivity contribution < 1.29 is 19.4 Å². The van der Waals surface area contributed by atoms with Crippen molar-refractivity contribution in [2.45, 2.75) is 39.5 Å². The maximum Gasteiger partial charge on any atom is 0.300 e. The van der Waals surface area contributed by atoms with Crippen molar-refractivity contribution in [2.24, 2.45) is 0 Å². The van der Waals surface area contributed by atoms with E-state index in [1.54, 1.807) is 7.11 Å². The van der Waals surface area contributed by atoms with Gasteiger partial charge in [-0.1, -0.05) is 24.3 Å². The number of nitrogens with one attached hydrogen (secondary N) is 2. The molecule has 0 radical (unpaired) electrons. The number of anilines is 1. The van der Waals surface area contributed by atoms with Crippen molar-refractivity contribution in [3.8, 4) is 16.9 Å². The number of ether oxygens (including phenoxy) is 1. The zero-order valence-corrected chi connectivity index (χ0v) is 19.1. The van der Waals surface area contributed by atoms with Crippen LogP contribution in [-0.4, -0.2) is 29.1 Å². The second-order valence-electron chi connectivity index (χ2n) is 8.35. The number of hydrogen-bond acceptors (Lipinski definition) is 3. The molecule has 3 aromatic rings. The topological polar surface area (TPSA) is 91.4 Å². The van der Waals surface area contributed by atoms with Gasteiger partial charge in [-0.05, 0) is 79.1 Å². The number of methoxy groups -OCH3 is 1.